The molecule has 3 nitrogen and oxygen atoms in total. The fourth-order valence-corrected chi connectivity index (χ4v) is 1.85. The molecule has 2 atom stereocenters. The number of hydrogen-bond donors (Lipinski definition) is 0. The molecule has 0 spiro atoms. The topological polar surface area (TPSA) is 37.4 Å². The number of rotatable bonds is 3. The van der Waals surface area contributed by atoms with Crippen molar-refractivity contribution in [2.24, 2.45) is 5.92 Å². The lowest BCUT2D eigenvalue weighted by Crippen LogP contribution is -2.47. The molecule has 0 aliphatic carbocycles. The van der Waals surface area contributed by atoms with E-state index in [4.69, 9.17) is 0 Å². The van der Waals surface area contributed by atoms with Gasteiger partial charge < -0.3 is 4.90 Å². The summed E-state index contributed by atoms with van der Waals surface area (Å²) in [6.45, 7) is 3.95. The van der Waals surface area contributed by atoms with Gasteiger partial charge in [-0.25, -0.2) is 0 Å². The molecule has 0 bridgehead atoms. The van der Waals surface area contributed by atoms with E-state index in [0.29, 0.717) is 6.42 Å². The number of amides is 1. The highest BCUT2D eigenvalue weighted by atomic mass is 16.2. The Morgan fingerprint density at radius 3 is 2.86 bits per heavy atom. The van der Waals surface area contributed by atoms with Crippen molar-refractivity contribution in [1.82, 2.24) is 4.90 Å². The smallest absolute Gasteiger partial charge is 0.222 e. The van der Waals surface area contributed by atoms with Gasteiger partial charge in [-0.3, -0.25) is 9.59 Å². The number of hydrogen-bond acceptors (Lipinski definition) is 2. The normalized spacial score (nSPS) is 24.9. The van der Waals surface area contributed by atoms with Gasteiger partial charge in [-0.15, -0.1) is 0 Å². The van der Waals surface area contributed by atoms with E-state index >= 15 is 0 Å². The first-order valence-corrected chi connectivity index (χ1v) is 5.37. The number of carbonyl (C=O) groups excluding carboxylic acids is 2. The first kappa shape index (κ1) is 11.2. The van der Waals surface area contributed by atoms with Crippen LogP contribution in [-0.2, 0) is 9.59 Å². The van der Waals surface area contributed by atoms with Gasteiger partial charge in [0.05, 0.1) is 6.04 Å². The molecule has 3 heteroatoms. The number of likely N-dealkylation sites (tertiary alicyclic amines) is 1. The number of carbonyl (C=O) groups is 2. The maximum atomic E-state index is 11.9. The van der Waals surface area contributed by atoms with Crippen LogP contribution in [0.15, 0.2) is 0 Å². The third-order valence-electron chi connectivity index (χ3n) is 3.16. The average Bonchev–Trinajstić information content (AvgIpc) is 2.20. The molecule has 0 aromatic carbocycles. The SMILES string of the molecule is CCC(C)C(=O)C1CCCC(=O)N1C. The van der Waals surface area contributed by atoms with Crippen molar-refractivity contribution in [3.8, 4) is 0 Å². The third kappa shape index (κ3) is 2.14. The molecule has 1 saturated heterocycles. The zero-order chi connectivity index (χ0) is 10.7. The Balaban J connectivity index is 2.66. The lowest BCUT2D eigenvalue weighted by atomic mass is 9.91. The standard InChI is InChI=1S/C11H19NO2/c1-4-8(2)11(14)9-6-5-7-10(13)12(9)3/h8-9H,4-7H2,1-3H3. The van der Waals surface area contributed by atoms with Crippen LogP contribution in [0.2, 0.25) is 0 Å². The largest absolute Gasteiger partial charge is 0.336 e. The summed E-state index contributed by atoms with van der Waals surface area (Å²) in [6, 6.07) is -0.161. The van der Waals surface area contributed by atoms with Gasteiger partial charge >= 0.3 is 0 Å². The van der Waals surface area contributed by atoms with E-state index in [1.165, 1.54) is 0 Å². The van der Waals surface area contributed by atoms with Crippen LogP contribution in [0.1, 0.15) is 39.5 Å². The molecule has 14 heavy (non-hydrogen) atoms. The summed E-state index contributed by atoms with van der Waals surface area (Å²) < 4.78 is 0. The zero-order valence-corrected chi connectivity index (χ0v) is 9.25. The summed E-state index contributed by atoms with van der Waals surface area (Å²) in [7, 11) is 1.74. The highest BCUT2D eigenvalue weighted by Gasteiger charge is 2.31. The number of likely N-dealkylation sites (N-methyl/N-ethyl adjacent to an activating group) is 1. The molecular formula is C11H19NO2. The predicted molar refractivity (Wildman–Crippen MR) is 54.9 cm³/mol. The Morgan fingerprint density at radius 2 is 2.29 bits per heavy atom. The molecule has 0 N–H and O–H groups in total. The van der Waals surface area contributed by atoms with E-state index in [9.17, 15) is 9.59 Å². The van der Waals surface area contributed by atoms with Crippen molar-refractivity contribution in [2.45, 2.75) is 45.6 Å². The average molecular weight is 197 g/mol. The van der Waals surface area contributed by atoms with Crippen molar-refractivity contribution in [3.05, 3.63) is 0 Å². The summed E-state index contributed by atoms with van der Waals surface area (Å²) in [5.41, 5.74) is 0. The Bertz CT molecular complexity index is 237. The first-order chi connectivity index (χ1) is 6.57. The van der Waals surface area contributed by atoms with Gasteiger partial charge in [0.15, 0.2) is 5.78 Å². The zero-order valence-electron chi connectivity index (χ0n) is 9.25. The minimum Gasteiger partial charge on any atom is -0.336 e. The number of Topliss-reactive ketones (excluding diaryl/α,β-unsaturated/α-hetero) is 1. The molecule has 0 aromatic heterocycles. The van der Waals surface area contributed by atoms with Crippen LogP contribution in [0.4, 0.5) is 0 Å². The molecule has 2 unspecified atom stereocenters. The van der Waals surface area contributed by atoms with Gasteiger partial charge in [0.2, 0.25) is 5.91 Å². The van der Waals surface area contributed by atoms with Crippen LogP contribution < -0.4 is 0 Å². The minimum absolute atomic E-state index is 0.0772. The van der Waals surface area contributed by atoms with Crippen molar-refractivity contribution >= 4 is 11.7 Å². The highest BCUT2D eigenvalue weighted by molar-refractivity contribution is 5.91. The van der Waals surface area contributed by atoms with Crippen LogP contribution in [0.3, 0.4) is 0 Å². The molecule has 1 aliphatic heterocycles. The van der Waals surface area contributed by atoms with Gasteiger partial charge in [-0.1, -0.05) is 13.8 Å². The molecule has 0 aromatic rings. The van der Waals surface area contributed by atoms with Crippen LogP contribution >= 0.6 is 0 Å². The molecule has 1 rings (SSSR count). The molecular weight excluding hydrogens is 178 g/mol. The lowest BCUT2D eigenvalue weighted by molar-refractivity contribution is -0.142. The van der Waals surface area contributed by atoms with E-state index < -0.39 is 0 Å². The Kier molecular flexibility index (Phi) is 3.67. The molecule has 0 radical (unpaired) electrons. The lowest BCUT2D eigenvalue weighted by Gasteiger charge is -2.32. The van der Waals surface area contributed by atoms with Crippen molar-refractivity contribution < 1.29 is 9.59 Å². The molecule has 80 valence electrons. The fraction of sp³-hybridized carbons (Fsp3) is 0.818. The Hall–Kier alpha value is -0.860. The quantitative estimate of drug-likeness (QED) is 0.689. The molecule has 1 heterocycles. The van der Waals surface area contributed by atoms with Gasteiger partial charge in [-0.05, 0) is 19.3 Å². The number of piperidine rings is 1. The van der Waals surface area contributed by atoms with E-state index in [1.54, 1.807) is 11.9 Å². The Labute approximate surface area is 85.5 Å². The van der Waals surface area contributed by atoms with Crippen molar-refractivity contribution in [2.75, 3.05) is 7.05 Å². The summed E-state index contributed by atoms with van der Waals surface area (Å²) in [5, 5.41) is 0. The summed E-state index contributed by atoms with van der Waals surface area (Å²) >= 11 is 0. The van der Waals surface area contributed by atoms with E-state index in [1.807, 2.05) is 13.8 Å². The van der Waals surface area contributed by atoms with Crippen LogP contribution in [0, 0.1) is 5.92 Å². The van der Waals surface area contributed by atoms with E-state index in [0.717, 1.165) is 19.3 Å². The highest BCUT2D eigenvalue weighted by Crippen LogP contribution is 2.20. The number of nitrogens with zero attached hydrogens (tertiary/aromatic N) is 1. The van der Waals surface area contributed by atoms with Gasteiger partial charge in [-0.2, -0.15) is 0 Å². The van der Waals surface area contributed by atoms with Crippen molar-refractivity contribution in [1.29, 1.82) is 0 Å². The molecule has 1 aliphatic rings. The van der Waals surface area contributed by atoms with E-state index in [-0.39, 0.29) is 23.7 Å². The monoisotopic (exact) mass is 197 g/mol. The van der Waals surface area contributed by atoms with Gasteiger partial charge in [0, 0.05) is 19.4 Å². The van der Waals surface area contributed by atoms with Crippen LogP contribution in [0.25, 0.3) is 0 Å². The molecule has 0 saturated carbocycles. The van der Waals surface area contributed by atoms with E-state index in [2.05, 4.69) is 0 Å². The Morgan fingerprint density at radius 1 is 1.64 bits per heavy atom. The third-order valence-corrected chi connectivity index (χ3v) is 3.16. The number of ketones is 1. The summed E-state index contributed by atoms with van der Waals surface area (Å²) in [5.74, 6) is 0.411. The summed E-state index contributed by atoms with van der Waals surface area (Å²) in [4.78, 5) is 24.9. The van der Waals surface area contributed by atoms with Crippen LogP contribution in [-0.4, -0.2) is 29.7 Å². The maximum absolute atomic E-state index is 11.9. The predicted octanol–water partition coefficient (Wildman–Crippen LogP) is 1.61. The van der Waals surface area contributed by atoms with Crippen molar-refractivity contribution in [3.63, 3.8) is 0 Å². The minimum atomic E-state index is -0.161. The summed E-state index contributed by atoms with van der Waals surface area (Å²) in [6.07, 6.45) is 3.15. The van der Waals surface area contributed by atoms with Gasteiger partial charge in [0.25, 0.3) is 0 Å². The molecule has 1 amide bonds. The maximum Gasteiger partial charge on any atom is 0.222 e. The second kappa shape index (κ2) is 4.58. The fourth-order valence-electron chi connectivity index (χ4n) is 1.85. The first-order valence-electron chi connectivity index (χ1n) is 5.37. The second-order valence-corrected chi connectivity index (χ2v) is 4.12. The van der Waals surface area contributed by atoms with Gasteiger partial charge in [0.1, 0.15) is 0 Å². The van der Waals surface area contributed by atoms with Crippen LogP contribution in [0.5, 0.6) is 0 Å². The molecule has 1 fully saturated rings. The second-order valence-electron chi connectivity index (χ2n) is 4.12.